The largest absolute Gasteiger partial charge is 0.494 e. The fourth-order valence-electron chi connectivity index (χ4n) is 4.35. The lowest BCUT2D eigenvalue weighted by Gasteiger charge is -2.40. The summed E-state index contributed by atoms with van der Waals surface area (Å²) in [5.74, 6) is -0.502. The van der Waals surface area contributed by atoms with Crippen molar-refractivity contribution in [1.82, 2.24) is 4.31 Å². The standard InChI is InChI=1S/C27H26ClNO5S/c1-3-34-22-11-9-19(10-12-22)25-16-15-24(27(30)31)26(20-5-4-6-21(28)17-20)29(25)35(32,33)23-13-7-18(2)8-14-23/h4-15,17,25-26H,3,16H2,1-2H3,(H,30,31)/t25-,26-/m0/s1. The summed E-state index contributed by atoms with van der Waals surface area (Å²) in [5, 5.41) is 10.4. The average molecular weight is 512 g/mol. The second-order valence-electron chi connectivity index (χ2n) is 8.32. The molecule has 0 bridgehead atoms. The molecular weight excluding hydrogens is 486 g/mol. The minimum atomic E-state index is -4.12. The quantitative estimate of drug-likeness (QED) is 0.424. The van der Waals surface area contributed by atoms with Crippen LogP contribution in [0.4, 0.5) is 0 Å². The lowest BCUT2D eigenvalue weighted by molar-refractivity contribution is -0.133. The van der Waals surface area contributed by atoms with E-state index < -0.39 is 28.1 Å². The minimum Gasteiger partial charge on any atom is -0.494 e. The van der Waals surface area contributed by atoms with E-state index in [1.165, 1.54) is 4.31 Å². The van der Waals surface area contributed by atoms with Gasteiger partial charge in [0.25, 0.3) is 0 Å². The maximum absolute atomic E-state index is 14.1. The van der Waals surface area contributed by atoms with E-state index in [1.54, 1.807) is 66.7 Å². The van der Waals surface area contributed by atoms with Gasteiger partial charge in [0.15, 0.2) is 0 Å². The Morgan fingerprint density at radius 2 is 1.74 bits per heavy atom. The molecule has 0 amide bonds. The second kappa shape index (κ2) is 10.2. The summed E-state index contributed by atoms with van der Waals surface area (Å²) in [7, 11) is -4.12. The van der Waals surface area contributed by atoms with Gasteiger partial charge in [0.05, 0.1) is 29.2 Å². The zero-order valence-corrected chi connectivity index (χ0v) is 21.0. The minimum absolute atomic E-state index is 0.00913. The topological polar surface area (TPSA) is 83.9 Å². The SMILES string of the molecule is CCOc1ccc([C@@H]2CC=C(C(=O)O)[C@H](c3cccc(Cl)c3)N2S(=O)(=O)c2ccc(C)cc2)cc1. The zero-order valence-electron chi connectivity index (χ0n) is 19.4. The van der Waals surface area contributed by atoms with Crippen molar-refractivity contribution < 1.29 is 23.1 Å². The molecule has 35 heavy (non-hydrogen) atoms. The van der Waals surface area contributed by atoms with Gasteiger partial charge in [-0.1, -0.05) is 59.6 Å². The number of nitrogens with zero attached hydrogens (tertiary/aromatic N) is 1. The van der Waals surface area contributed by atoms with Crippen molar-refractivity contribution in [2.45, 2.75) is 37.2 Å². The number of aliphatic carboxylic acids is 1. The maximum atomic E-state index is 14.1. The normalized spacial score (nSPS) is 18.7. The van der Waals surface area contributed by atoms with Crippen LogP contribution in [0.3, 0.4) is 0 Å². The summed E-state index contributed by atoms with van der Waals surface area (Å²) in [5.41, 5.74) is 2.13. The van der Waals surface area contributed by atoms with E-state index in [-0.39, 0.29) is 16.9 Å². The van der Waals surface area contributed by atoms with Gasteiger partial charge in [0.2, 0.25) is 10.0 Å². The lowest BCUT2D eigenvalue weighted by Crippen LogP contribution is -2.42. The Labute approximate surface area is 210 Å². The molecular formula is C27H26ClNO5S. The predicted molar refractivity (Wildman–Crippen MR) is 135 cm³/mol. The van der Waals surface area contributed by atoms with E-state index in [0.29, 0.717) is 22.9 Å². The van der Waals surface area contributed by atoms with Crippen molar-refractivity contribution in [1.29, 1.82) is 0 Å². The fourth-order valence-corrected chi connectivity index (χ4v) is 6.33. The Kier molecular flexibility index (Phi) is 7.31. The first kappa shape index (κ1) is 25.0. The van der Waals surface area contributed by atoms with Crippen LogP contribution in [0, 0.1) is 6.92 Å². The molecule has 1 heterocycles. The first-order chi connectivity index (χ1) is 16.7. The Bertz CT molecular complexity index is 1350. The van der Waals surface area contributed by atoms with Crippen LogP contribution in [0.15, 0.2) is 89.3 Å². The molecule has 3 aromatic rings. The van der Waals surface area contributed by atoms with Crippen LogP contribution in [0.5, 0.6) is 5.75 Å². The smallest absolute Gasteiger partial charge is 0.333 e. The van der Waals surface area contributed by atoms with Crippen LogP contribution in [-0.4, -0.2) is 30.4 Å². The van der Waals surface area contributed by atoms with Crippen LogP contribution in [0.2, 0.25) is 5.02 Å². The average Bonchev–Trinajstić information content (AvgIpc) is 2.84. The molecule has 3 aromatic carbocycles. The van der Waals surface area contributed by atoms with Gasteiger partial charge >= 0.3 is 5.97 Å². The van der Waals surface area contributed by atoms with Crippen molar-refractivity contribution in [3.8, 4) is 5.75 Å². The molecule has 8 heteroatoms. The molecule has 0 fully saturated rings. The van der Waals surface area contributed by atoms with Crippen molar-refractivity contribution in [3.05, 3.63) is 106 Å². The number of carboxylic acid groups (broad SMARTS) is 1. The molecule has 1 aliphatic rings. The molecule has 0 spiro atoms. The Morgan fingerprint density at radius 1 is 1.06 bits per heavy atom. The van der Waals surface area contributed by atoms with Crippen LogP contribution in [0.25, 0.3) is 0 Å². The maximum Gasteiger partial charge on any atom is 0.333 e. The third-order valence-corrected chi connectivity index (χ3v) is 8.12. The number of carboxylic acids is 1. The van der Waals surface area contributed by atoms with Gasteiger partial charge in [-0.25, -0.2) is 13.2 Å². The van der Waals surface area contributed by atoms with Crippen molar-refractivity contribution in [2.75, 3.05) is 6.61 Å². The molecule has 6 nitrogen and oxygen atoms in total. The summed E-state index contributed by atoms with van der Waals surface area (Å²) in [6.07, 6.45) is 1.81. The highest BCUT2D eigenvalue weighted by Crippen LogP contribution is 2.46. The zero-order chi connectivity index (χ0) is 25.2. The van der Waals surface area contributed by atoms with Gasteiger partial charge < -0.3 is 9.84 Å². The third-order valence-electron chi connectivity index (χ3n) is 6.00. The molecule has 182 valence electrons. The lowest BCUT2D eigenvalue weighted by atomic mass is 9.89. The van der Waals surface area contributed by atoms with Gasteiger partial charge in [-0.15, -0.1) is 0 Å². The highest BCUT2D eigenvalue weighted by Gasteiger charge is 2.44. The van der Waals surface area contributed by atoms with Crippen LogP contribution in [0.1, 0.15) is 42.1 Å². The van der Waals surface area contributed by atoms with Gasteiger partial charge in [0, 0.05) is 5.02 Å². The summed E-state index contributed by atoms with van der Waals surface area (Å²) in [6, 6.07) is 18.7. The first-order valence-corrected chi connectivity index (χ1v) is 13.1. The molecule has 2 atom stereocenters. The van der Waals surface area contributed by atoms with E-state index >= 15 is 0 Å². The first-order valence-electron chi connectivity index (χ1n) is 11.2. The summed E-state index contributed by atoms with van der Waals surface area (Å²) in [4.78, 5) is 12.4. The highest BCUT2D eigenvalue weighted by molar-refractivity contribution is 7.89. The molecule has 1 aliphatic heterocycles. The fraction of sp³-hybridized carbons (Fsp3) is 0.222. The second-order valence-corrected chi connectivity index (χ2v) is 10.6. The molecule has 0 unspecified atom stereocenters. The van der Waals surface area contributed by atoms with Crippen LogP contribution in [-0.2, 0) is 14.8 Å². The third kappa shape index (κ3) is 5.12. The highest BCUT2D eigenvalue weighted by atomic mass is 35.5. The summed E-state index contributed by atoms with van der Waals surface area (Å²) >= 11 is 6.24. The van der Waals surface area contributed by atoms with Gasteiger partial charge in [-0.05, 0) is 67.8 Å². The molecule has 4 rings (SSSR count). The number of carbonyl (C=O) groups is 1. The van der Waals surface area contributed by atoms with Gasteiger partial charge in [-0.3, -0.25) is 0 Å². The van der Waals surface area contributed by atoms with Crippen molar-refractivity contribution in [3.63, 3.8) is 0 Å². The molecule has 0 radical (unpaired) electrons. The number of hydrogen-bond acceptors (Lipinski definition) is 4. The monoisotopic (exact) mass is 511 g/mol. The summed E-state index contributed by atoms with van der Waals surface area (Å²) < 4.78 is 35.1. The Morgan fingerprint density at radius 3 is 2.34 bits per heavy atom. The van der Waals surface area contributed by atoms with Crippen molar-refractivity contribution >= 4 is 27.6 Å². The van der Waals surface area contributed by atoms with E-state index in [0.717, 1.165) is 11.1 Å². The number of benzene rings is 3. The number of hydrogen-bond donors (Lipinski definition) is 1. The number of halogens is 1. The van der Waals surface area contributed by atoms with Crippen LogP contribution < -0.4 is 4.74 Å². The van der Waals surface area contributed by atoms with E-state index in [2.05, 4.69) is 0 Å². The predicted octanol–water partition coefficient (Wildman–Crippen LogP) is 5.94. The Hall–Kier alpha value is -3.13. The number of rotatable bonds is 7. The number of aryl methyl sites for hydroxylation is 1. The molecule has 0 saturated heterocycles. The Balaban J connectivity index is 1.93. The van der Waals surface area contributed by atoms with Crippen molar-refractivity contribution in [2.24, 2.45) is 0 Å². The molecule has 1 N–H and O–H groups in total. The number of ether oxygens (including phenoxy) is 1. The molecule has 0 saturated carbocycles. The van der Waals surface area contributed by atoms with Gasteiger partial charge in [0.1, 0.15) is 5.75 Å². The summed E-state index contributed by atoms with van der Waals surface area (Å²) in [6.45, 7) is 4.27. The number of sulfonamides is 1. The molecule has 0 aliphatic carbocycles. The van der Waals surface area contributed by atoms with Crippen LogP contribution >= 0.6 is 11.6 Å². The molecule has 0 aromatic heterocycles. The van der Waals surface area contributed by atoms with E-state index in [1.807, 2.05) is 26.0 Å². The van der Waals surface area contributed by atoms with E-state index in [9.17, 15) is 18.3 Å². The van der Waals surface area contributed by atoms with Gasteiger partial charge in [-0.2, -0.15) is 4.31 Å². The van der Waals surface area contributed by atoms with E-state index in [4.69, 9.17) is 16.3 Å².